The van der Waals surface area contributed by atoms with Crippen molar-refractivity contribution in [2.45, 2.75) is 6.42 Å². The van der Waals surface area contributed by atoms with Gasteiger partial charge in [0.15, 0.2) is 0 Å². The summed E-state index contributed by atoms with van der Waals surface area (Å²) in [5, 5.41) is 2.62. The molecule has 0 atom stereocenters. The molecule has 0 unspecified atom stereocenters. The highest BCUT2D eigenvalue weighted by atomic mass is 35.5. The van der Waals surface area contributed by atoms with E-state index in [9.17, 15) is 14.0 Å². The van der Waals surface area contributed by atoms with Crippen molar-refractivity contribution in [1.82, 2.24) is 10.2 Å². The Morgan fingerprint density at radius 3 is 2.74 bits per heavy atom. The lowest BCUT2D eigenvalue weighted by molar-refractivity contribution is -0.120. The van der Waals surface area contributed by atoms with Crippen molar-refractivity contribution in [3.05, 3.63) is 33.6 Å². The van der Waals surface area contributed by atoms with Gasteiger partial charge in [-0.1, -0.05) is 23.2 Å². The molecule has 1 N–H and O–H groups in total. The number of amides is 2. The van der Waals surface area contributed by atoms with Crippen LogP contribution in [0, 0.1) is 5.82 Å². The molecule has 4 nitrogen and oxygen atoms in total. The molecular formula is C12H11Cl2FN2O2. The molecule has 1 aromatic rings. The molecule has 1 heterocycles. The predicted octanol–water partition coefficient (Wildman–Crippen LogP) is 2.09. The lowest BCUT2D eigenvalue weighted by Crippen LogP contribution is -2.34. The second-order valence-electron chi connectivity index (χ2n) is 4.14. The molecule has 0 radical (unpaired) electrons. The Morgan fingerprint density at radius 2 is 2.00 bits per heavy atom. The molecule has 1 aromatic carbocycles. The van der Waals surface area contributed by atoms with E-state index in [0.29, 0.717) is 13.1 Å². The van der Waals surface area contributed by atoms with Crippen molar-refractivity contribution in [2.24, 2.45) is 0 Å². The summed E-state index contributed by atoms with van der Waals surface area (Å²) in [6.45, 7) is 1.02. The van der Waals surface area contributed by atoms with Gasteiger partial charge in [0.25, 0.3) is 5.91 Å². The average molecular weight is 305 g/mol. The largest absolute Gasteiger partial charge is 0.354 e. The second kappa shape index (κ2) is 5.75. The van der Waals surface area contributed by atoms with Crippen LogP contribution in [0.2, 0.25) is 10.0 Å². The Labute approximate surface area is 119 Å². The second-order valence-corrected chi connectivity index (χ2v) is 4.95. The summed E-state index contributed by atoms with van der Waals surface area (Å²) < 4.78 is 13.4. The van der Waals surface area contributed by atoms with Crippen molar-refractivity contribution in [3.63, 3.8) is 0 Å². The summed E-state index contributed by atoms with van der Waals surface area (Å²) in [6, 6.07) is 2.22. The molecule has 2 amide bonds. The first-order chi connectivity index (χ1) is 8.99. The van der Waals surface area contributed by atoms with Crippen LogP contribution >= 0.6 is 23.2 Å². The van der Waals surface area contributed by atoms with Gasteiger partial charge in [-0.05, 0) is 12.1 Å². The van der Waals surface area contributed by atoms with Gasteiger partial charge in [-0.2, -0.15) is 0 Å². The topological polar surface area (TPSA) is 49.4 Å². The molecule has 1 aliphatic rings. The summed E-state index contributed by atoms with van der Waals surface area (Å²) in [6.07, 6.45) is 0.222. The first-order valence-corrected chi connectivity index (χ1v) is 6.45. The number of halogens is 3. The normalized spacial score (nSPS) is 15.9. The number of hydrogen-bond acceptors (Lipinski definition) is 2. The van der Waals surface area contributed by atoms with Gasteiger partial charge in [-0.15, -0.1) is 0 Å². The molecule has 2 rings (SSSR count). The van der Waals surface area contributed by atoms with Gasteiger partial charge in [0.1, 0.15) is 5.82 Å². The molecule has 0 saturated carbocycles. The van der Waals surface area contributed by atoms with Crippen molar-refractivity contribution in [3.8, 4) is 0 Å². The van der Waals surface area contributed by atoms with Crippen LogP contribution in [0.1, 0.15) is 16.8 Å². The zero-order valence-electron chi connectivity index (χ0n) is 9.88. The first kappa shape index (κ1) is 14.1. The number of carbonyl (C=O) groups excluding carboxylic acids is 2. The monoisotopic (exact) mass is 304 g/mol. The van der Waals surface area contributed by atoms with Crippen LogP contribution in [0.5, 0.6) is 0 Å². The van der Waals surface area contributed by atoms with E-state index in [0.717, 1.165) is 6.07 Å². The van der Waals surface area contributed by atoms with E-state index < -0.39 is 11.7 Å². The van der Waals surface area contributed by atoms with Crippen molar-refractivity contribution in [2.75, 3.05) is 19.6 Å². The third kappa shape index (κ3) is 3.16. The van der Waals surface area contributed by atoms with E-state index in [2.05, 4.69) is 5.32 Å². The maximum atomic E-state index is 13.4. The average Bonchev–Trinajstić information content (AvgIpc) is 2.58. The molecule has 1 aliphatic heterocycles. The molecule has 1 fully saturated rings. The maximum absolute atomic E-state index is 13.4. The summed E-state index contributed by atoms with van der Waals surface area (Å²) in [5.41, 5.74) is 0.0536. The van der Waals surface area contributed by atoms with Crippen LogP contribution in [0.4, 0.5) is 4.39 Å². The van der Waals surface area contributed by atoms with E-state index in [4.69, 9.17) is 23.2 Å². The van der Waals surface area contributed by atoms with Crippen LogP contribution in [-0.2, 0) is 4.79 Å². The third-order valence-electron chi connectivity index (χ3n) is 2.84. The van der Waals surface area contributed by atoms with Crippen LogP contribution in [0.15, 0.2) is 12.1 Å². The van der Waals surface area contributed by atoms with Gasteiger partial charge in [-0.25, -0.2) is 4.39 Å². The van der Waals surface area contributed by atoms with E-state index >= 15 is 0 Å². The van der Waals surface area contributed by atoms with Crippen LogP contribution in [-0.4, -0.2) is 36.3 Å². The molecule has 0 aromatic heterocycles. The number of rotatable bonds is 1. The van der Waals surface area contributed by atoms with Crippen LogP contribution in [0.25, 0.3) is 0 Å². The third-order valence-corrected chi connectivity index (χ3v) is 3.44. The summed E-state index contributed by atoms with van der Waals surface area (Å²) in [4.78, 5) is 24.9. The van der Waals surface area contributed by atoms with Crippen LogP contribution < -0.4 is 5.32 Å². The van der Waals surface area contributed by atoms with E-state index in [1.54, 1.807) is 0 Å². The van der Waals surface area contributed by atoms with Gasteiger partial charge >= 0.3 is 0 Å². The van der Waals surface area contributed by atoms with Gasteiger partial charge in [0.05, 0.1) is 15.6 Å². The Balaban J connectivity index is 2.24. The Hall–Kier alpha value is -1.33. The molecule has 102 valence electrons. The molecular weight excluding hydrogens is 294 g/mol. The standard InChI is InChI=1S/C12H11Cl2FN2O2/c13-8-6-9(14)10(15)5-7(8)12(19)17-3-1-11(18)16-2-4-17/h5-6H,1-4H2,(H,16,18). The summed E-state index contributed by atoms with van der Waals surface area (Å²) in [7, 11) is 0. The maximum Gasteiger partial charge on any atom is 0.255 e. The predicted molar refractivity (Wildman–Crippen MR) is 70.0 cm³/mol. The fourth-order valence-corrected chi connectivity index (χ4v) is 2.29. The van der Waals surface area contributed by atoms with E-state index in [1.807, 2.05) is 0 Å². The highest BCUT2D eigenvalue weighted by molar-refractivity contribution is 6.36. The minimum atomic E-state index is -0.696. The number of nitrogens with zero attached hydrogens (tertiary/aromatic N) is 1. The van der Waals surface area contributed by atoms with Gasteiger partial charge in [0, 0.05) is 26.1 Å². The Bertz CT molecular complexity index is 537. The zero-order chi connectivity index (χ0) is 14.0. The van der Waals surface area contributed by atoms with E-state index in [1.165, 1.54) is 11.0 Å². The van der Waals surface area contributed by atoms with E-state index in [-0.39, 0.29) is 34.5 Å². The van der Waals surface area contributed by atoms with Crippen molar-refractivity contribution < 1.29 is 14.0 Å². The molecule has 19 heavy (non-hydrogen) atoms. The highest BCUT2D eigenvalue weighted by Crippen LogP contribution is 2.25. The highest BCUT2D eigenvalue weighted by Gasteiger charge is 2.22. The fraction of sp³-hybridized carbons (Fsp3) is 0.333. The lowest BCUT2D eigenvalue weighted by atomic mass is 10.2. The Kier molecular flexibility index (Phi) is 4.27. The van der Waals surface area contributed by atoms with Gasteiger partial charge in [-0.3, -0.25) is 9.59 Å². The minimum absolute atomic E-state index is 0.0536. The molecule has 0 spiro atoms. The summed E-state index contributed by atoms with van der Waals surface area (Å²) >= 11 is 11.5. The summed E-state index contributed by atoms with van der Waals surface area (Å²) in [5.74, 6) is -1.21. The smallest absolute Gasteiger partial charge is 0.255 e. The van der Waals surface area contributed by atoms with Gasteiger partial charge < -0.3 is 10.2 Å². The minimum Gasteiger partial charge on any atom is -0.354 e. The number of benzene rings is 1. The van der Waals surface area contributed by atoms with Crippen molar-refractivity contribution in [1.29, 1.82) is 0 Å². The lowest BCUT2D eigenvalue weighted by Gasteiger charge is -2.20. The van der Waals surface area contributed by atoms with Crippen molar-refractivity contribution >= 4 is 35.0 Å². The fourth-order valence-electron chi connectivity index (χ4n) is 1.83. The van der Waals surface area contributed by atoms with Crippen LogP contribution in [0.3, 0.4) is 0 Å². The SMILES string of the molecule is O=C1CCN(C(=O)c2cc(F)c(Cl)cc2Cl)CCN1. The zero-order valence-corrected chi connectivity index (χ0v) is 11.4. The number of carbonyl (C=O) groups is 2. The molecule has 1 saturated heterocycles. The molecule has 0 bridgehead atoms. The Morgan fingerprint density at radius 1 is 1.26 bits per heavy atom. The first-order valence-electron chi connectivity index (χ1n) is 5.69. The van der Waals surface area contributed by atoms with Gasteiger partial charge in [0.2, 0.25) is 5.91 Å². The molecule has 7 heteroatoms. The molecule has 0 aliphatic carbocycles. The number of nitrogens with one attached hydrogen (secondary N) is 1. The quantitative estimate of drug-likeness (QED) is 0.808. The number of hydrogen-bond donors (Lipinski definition) is 1.